The number of hydrogen-bond donors (Lipinski definition) is 2. The standard InChI is InChI=1S/C13H18N4/c1-8-15-12(17-16-8)10-7-9(13(2,3)4)5-6-11(10)14/h5-7H,14H2,1-4H3,(H,15,16,17). The fourth-order valence-electron chi connectivity index (χ4n) is 1.68. The zero-order chi connectivity index (χ0) is 12.6. The third-order valence-corrected chi connectivity index (χ3v) is 2.76. The molecule has 0 saturated carbocycles. The van der Waals surface area contributed by atoms with Crippen LogP contribution >= 0.6 is 0 Å². The molecule has 90 valence electrons. The average Bonchev–Trinajstić information content (AvgIpc) is 2.63. The van der Waals surface area contributed by atoms with Crippen molar-refractivity contribution in [3.63, 3.8) is 0 Å². The highest BCUT2D eigenvalue weighted by Gasteiger charge is 2.16. The summed E-state index contributed by atoms with van der Waals surface area (Å²) in [5, 5.41) is 6.99. The van der Waals surface area contributed by atoms with Crippen LogP contribution in [0.15, 0.2) is 18.2 Å². The maximum absolute atomic E-state index is 5.98. The largest absolute Gasteiger partial charge is 0.398 e. The lowest BCUT2D eigenvalue weighted by Crippen LogP contribution is -2.11. The lowest BCUT2D eigenvalue weighted by molar-refractivity contribution is 0.590. The molecule has 17 heavy (non-hydrogen) atoms. The van der Waals surface area contributed by atoms with Gasteiger partial charge in [0.05, 0.1) is 0 Å². The third-order valence-electron chi connectivity index (χ3n) is 2.76. The molecule has 4 heteroatoms. The number of nitrogens with two attached hydrogens (primary N) is 1. The van der Waals surface area contributed by atoms with Gasteiger partial charge in [0.2, 0.25) is 0 Å². The van der Waals surface area contributed by atoms with E-state index >= 15 is 0 Å². The number of aromatic amines is 1. The number of aromatic nitrogens is 3. The van der Waals surface area contributed by atoms with Crippen LogP contribution in [0.5, 0.6) is 0 Å². The Bertz CT molecular complexity index is 535. The SMILES string of the molecule is Cc1nc(-c2cc(C(C)(C)C)ccc2N)n[nH]1. The van der Waals surface area contributed by atoms with Crippen molar-refractivity contribution in [1.82, 2.24) is 15.2 Å². The minimum absolute atomic E-state index is 0.0911. The number of nitrogens with zero attached hydrogens (tertiary/aromatic N) is 2. The molecule has 0 bridgehead atoms. The van der Waals surface area contributed by atoms with Gasteiger partial charge in [0.1, 0.15) is 5.82 Å². The molecule has 0 aliphatic rings. The summed E-state index contributed by atoms with van der Waals surface area (Å²) < 4.78 is 0. The first-order chi connectivity index (χ1) is 7.88. The predicted octanol–water partition coefficient (Wildman–Crippen LogP) is 2.66. The van der Waals surface area contributed by atoms with E-state index in [-0.39, 0.29) is 5.41 Å². The molecule has 0 aliphatic heterocycles. The van der Waals surface area contributed by atoms with Crippen molar-refractivity contribution < 1.29 is 0 Å². The van der Waals surface area contributed by atoms with E-state index in [1.54, 1.807) is 0 Å². The van der Waals surface area contributed by atoms with E-state index in [4.69, 9.17) is 5.73 Å². The number of H-pyrrole nitrogens is 1. The number of nitrogens with one attached hydrogen (secondary N) is 1. The van der Waals surface area contributed by atoms with Gasteiger partial charge in [-0.25, -0.2) is 4.98 Å². The summed E-state index contributed by atoms with van der Waals surface area (Å²) in [5.41, 5.74) is 8.89. The van der Waals surface area contributed by atoms with E-state index in [9.17, 15) is 0 Å². The summed E-state index contributed by atoms with van der Waals surface area (Å²) in [5.74, 6) is 1.45. The maximum atomic E-state index is 5.98. The van der Waals surface area contributed by atoms with Crippen molar-refractivity contribution in [2.75, 3.05) is 5.73 Å². The quantitative estimate of drug-likeness (QED) is 0.740. The van der Waals surface area contributed by atoms with E-state index < -0.39 is 0 Å². The molecule has 4 nitrogen and oxygen atoms in total. The smallest absolute Gasteiger partial charge is 0.183 e. The number of hydrogen-bond acceptors (Lipinski definition) is 3. The molecule has 0 unspecified atom stereocenters. The molecule has 1 heterocycles. The van der Waals surface area contributed by atoms with Crippen LogP contribution in [0, 0.1) is 6.92 Å². The Balaban J connectivity index is 2.54. The van der Waals surface area contributed by atoms with Crippen molar-refractivity contribution in [1.29, 1.82) is 0 Å². The average molecular weight is 230 g/mol. The predicted molar refractivity (Wildman–Crippen MR) is 69.7 cm³/mol. The fraction of sp³-hybridized carbons (Fsp3) is 0.385. The van der Waals surface area contributed by atoms with Crippen LogP contribution in [0.4, 0.5) is 5.69 Å². The van der Waals surface area contributed by atoms with Crippen LogP contribution in [-0.2, 0) is 5.41 Å². The highest BCUT2D eigenvalue weighted by atomic mass is 15.2. The van der Waals surface area contributed by atoms with Gasteiger partial charge in [-0.05, 0) is 30.0 Å². The normalized spacial score (nSPS) is 11.8. The van der Waals surface area contributed by atoms with Crippen LogP contribution in [0.3, 0.4) is 0 Å². The summed E-state index contributed by atoms with van der Waals surface area (Å²) in [4.78, 5) is 4.32. The second-order valence-electron chi connectivity index (χ2n) is 5.30. The molecule has 0 radical (unpaired) electrons. The van der Waals surface area contributed by atoms with Crippen molar-refractivity contribution >= 4 is 5.69 Å². The van der Waals surface area contributed by atoms with Gasteiger partial charge in [-0.1, -0.05) is 26.8 Å². The summed E-state index contributed by atoms with van der Waals surface area (Å²) in [6.45, 7) is 8.39. The molecule has 1 aromatic carbocycles. The summed E-state index contributed by atoms with van der Waals surface area (Å²) in [7, 11) is 0. The lowest BCUT2D eigenvalue weighted by atomic mass is 9.86. The lowest BCUT2D eigenvalue weighted by Gasteiger charge is -2.20. The summed E-state index contributed by atoms with van der Waals surface area (Å²) >= 11 is 0. The van der Waals surface area contributed by atoms with E-state index in [1.165, 1.54) is 5.56 Å². The molecule has 0 atom stereocenters. The molecule has 0 fully saturated rings. The van der Waals surface area contributed by atoms with Gasteiger partial charge in [-0.3, -0.25) is 5.10 Å². The Morgan fingerprint density at radius 3 is 2.47 bits per heavy atom. The molecule has 3 N–H and O–H groups in total. The third kappa shape index (κ3) is 2.30. The van der Waals surface area contributed by atoms with Gasteiger partial charge >= 0.3 is 0 Å². The Hall–Kier alpha value is -1.84. The van der Waals surface area contributed by atoms with E-state index in [0.29, 0.717) is 11.5 Å². The number of rotatable bonds is 1. The van der Waals surface area contributed by atoms with Crippen molar-refractivity contribution in [2.24, 2.45) is 0 Å². The van der Waals surface area contributed by atoms with E-state index in [2.05, 4.69) is 48.1 Å². The van der Waals surface area contributed by atoms with Gasteiger partial charge in [0, 0.05) is 11.3 Å². The van der Waals surface area contributed by atoms with E-state index in [0.717, 1.165) is 11.4 Å². The molecular formula is C13H18N4. The van der Waals surface area contributed by atoms with Crippen LogP contribution in [0.25, 0.3) is 11.4 Å². The topological polar surface area (TPSA) is 67.6 Å². The second kappa shape index (κ2) is 3.87. The minimum Gasteiger partial charge on any atom is -0.398 e. The molecular weight excluding hydrogens is 212 g/mol. The van der Waals surface area contributed by atoms with Crippen LogP contribution in [0.2, 0.25) is 0 Å². The number of nitrogen functional groups attached to an aromatic ring is 1. The van der Waals surface area contributed by atoms with Crippen LogP contribution < -0.4 is 5.73 Å². The zero-order valence-electron chi connectivity index (χ0n) is 10.7. The molecule has 0 amide bonds. The molecule has 2 rings (SSSR count). The Kier molecular flexibility index (Phi) is 2.65. The van der Waals surface area contributed by atoms with Crippen molar-refractivity contribution in [2.45, 2.75) is 33.1 Å². The highest BCUT2D eigenvalue weighted by molar-refractivity contribution is 5.72. The minimum atomic E-state index is 0.0911. The summed E-state index contributed by atoms with van der Waals surface area (Å²) in [6.07, 6.45) is 0. The van der Waals surface area contributed by atoms with Crippen molar-refractivity contribution in [3.05, 3.63) is 29.6 Å². The molecule has 0 aliphatic carbocycles. The van der Waals surface area contributed by atoms with Gasteiger partial charge in [-0.2, -0.15) is 5.10 Å². The molecule has 2 aromatic rings. The Labute approximate surface area is 101 Å². The van der Waals surface area contributed by atoms with E-state index in [1.807, 2.05) is 13.0 Å². The monoisotopic (exact) mass is 230 g/mol. The molecule has 1 aromatic heterocycles. The number of anilines is 1. The first-order valence-corrected chi connectivity index (χ1v) is 5.67. The Morgan fingerprint density at radius 2 is 1.94 bits per heavy atom. The molecule has 0 spiro atoms. The van der Waals surface area contributed by atoms with Gasteiger partial charge in [0.25, 0.3) is 0 Å². The zero-order valence-corrected chi connectivity index (χ0v) is 10.7. The van der Waals surface area contributed by atoms with Crippen LogP contribution in [-0.4, -0.2) is 15.2 Å². The summed E-state index contributed by atoms with van der Waals surface area (Å²) in [6, 6.07) is 6.04. The molecule has 0 saturated heterocycles. The fourth-order valence-corrected chi connectivity index (χ4v) is 1.68. The number of aryl methyl sites for hydroxylation is 1. The Morgan fingerprint density at radius 1 is 1.24 bits per heavy atom. The maximum Gasteiger partial charge on any atom is 0.183 e. The highest BCUT2D eigenvalue weighted by Crippen LogP contribution is 2.30. The van der Waals surface area contributed by atoms with Gasteiger partial charge < -0.3 is 5.73 Å². The van der Waals surface area contributed by atoms with Gasteiger partial charge in [-0.15, -0.1) is 0 Å². The first kappa shape index (κ1) is 11.6. The van der Waals surface area contributed by atoms with Gasteiger partial charge in [0.15, 0.2) is 5.82 Å². The first-order valence-electron chi connectivity index (χ1n) is 5.67. The van der Waals surface area contributed by atoms with Crippen LogP contribution in [0.1, 0.15) is 32.2 Å². The second-order valence-corrected chi connectivity index (χ2v) is 5.30. The number of benzene rings is 1. The van der Waals surface area contributed by atoms with Crippen molar-refractivity contribution in [3.8, 4) is 11.4 Å².